The first-order valence-corrected chi connectivity index (χ1v) is 13.8. The van der Waals surface area contributed by atoms with E-state index in [1.165, 1.54) is 11.1 Å². The SMILES string of the molecule is C=C(CC[C@H](C(=O)O)[C@H]1[C@H](O)C[C@@]2(C)C3=CCC4C(C)(C)[C@@H](O)CC[C@]4(C)C3=CC[C@]12C)C(C)C. The van der Waals surface area contributed by atoms with Gasteiger partial charge in [0.15, 0.2) is 0 Å². The number of allylic oxidation sites excluding steroid dienone is 5. The van der Waals surface area contributed by atoms with E-state index in [-0.39, 0.29) is 33.7 Å². The van der Waals surface area contributed by atoms with Gasteiger partial charge in [0, 0.05) is 11.3 Å². The standard InChI is InChI=1S/C31H48O4/c1-18(2)19(3)9-10-20(27(34)35)26-23(32)17-31(8)22-11-12-24-28(4,5)25(33)14-15-29(24,6)21(22)13-16-30(26,31)7/h11,13,18,20,23-26,32-33H,3,9-10,12,14-17H2,1-2,4-8H3,(H,34,35)/t20-,23+,24?,25-,26-,29+,30+,31-/m0/s1. The Bertz CT molecular complexity index is 957. The average molecular weight is 485 g/mol. The molecule has 0 heterocycles. The third-order valence-electron chi connectivity index (χ3n) is 11.6. The van der Waals surface area contributed by atoms with Crippen LogP contribution in [-0.4, -0.2) is 33.5 Å². The first kappa shape index (κ1) is 26.7. The van der Waals surface area contributed by atoms with Crippen molar-refractivity contribution >= 4 is 5.97 Å². The Hall–Kier alpha value is -1.39. The zero-order valence-electron chi connectivity index (χ0n) is 23.0. The number of aliphatic carboxylic acids is 1. The van der Waals surface area contributed by atoms with Gasteiger partial charge in [0.25, 0.3) is 0 Å². The van der Waals surface area contributed by atoms with Crippen LogP contribution in [0.1, 0.15) is 93.4 Å². The molecule has 0 aromatic rings. The van der Waals surface area contributed by atoms with Gasteiger partial charge in [-0.25, -0.2) is 0 Å². The summed E-state index contributed by atoms with van der Waals surface area (Å²) in [5.74, 6) is -0.966. The van der Waals surface area contributed by atoms with Gasteiger partial charge in [0.05, 0.1) is 18.1 Å². The second kappa shape index (κ2) is 8.58. The van der Waals surface area contributed by atoms with E-state index in [1.807, 2.05) is 0 Å². The van der Waals surface area contributed by atoms with E-state index in [0.717, 1.165) is 31.3 Å². The minimum Gasteiger partial charge on any atom is -0.481 e. The predicted molar refractivity (Wildman–Crippen MR) is 141 cm³/mol. The molecule has 4 heteroatoms. The highest BCUT2D eigenvalue weighted by molar-refractivity contribution is 5.71. The summed E-state index contributed by atoms with van der Waals surface area (Å²) in [7, 11) is 0. The van der Waals surface area contributed by atoms with Crippen LogP contribution < -0.4 is 0 Å². The molecule has 3 N–H and O–H groups in total. The van der Waals surface area contributed by atoms with E-state index >= 15 is 0 Å². The van der Waals surface area contributed by atoms with Gasteiger partial charge in [0.1, 0.15) is 0 Å². The smallest absolute Gasteiger partial charge is 0.306 e. The molecule has 0 radical (unpaired) electrons. The van der Waals surface area contributed by atoms with E-state index in [2.05, 4.69) is 67.2 Å². The Kier molecular flexibility index (Phi) is 6.54. The number of aliphatic hydroxyl groups excluding tert-OH is 2. The molecule has 4 rings (SSSR count). The van der Waals surface area contributed by atoms with Crippen LogP contribution in [0.2, 0.25) is 0 Å². The van der Waals surface area contributed by atoms with Crippen molar-refractivity contribution in [2.45, 2.75) is 106 Å². The summed E-state index contributed by atoms with van der Waals surface area (Å²) in [6, 6.07) is 0. The summed E-state index contributed by atoms with van der Waals surface area (Å²) in [6.45, 7) is 19.7. The summed E-state index contributed by atoms with van der Waals surface area (Å²) in [6.07, 6.45) is 9.19. The van der Waals surface area contributed by atoms with Gasteiger partial charge >= 0.3 is 5.97 Å². The number of hydrogen-bond acceptors (Lipinski definition) is 3. The first-order valence-electron chi connectivity index (χ1n) is 13.8. The van der Waals surface area contributed by atoms with E-state index in [4.69, 9.17) is 0 Å². The van der Waals surface area contributed by atoms with Gasteiger partial charge < -0.3 is 15.3 Å². The van der Waals surface area contributed by atoms with Gasteiger partial charge in [-0.2, -0.15) is 0 Å². The summed E-state index contributed by atoms with van der Waals surface area (Å²) >= 11 is 0. The zero-order valence-corrected chi connectivity index (χ0v) is 23.0. The Morgan fingerprint density at radius 2 is 1.77 bits per heavy atom. The summed E-state index contributed by atoms with van der Waals surface area (Å²) in [5, 5.41) is 32.6. The second-order valence-corrected chi connectivity index (χ2v) is 13.9. The van der Waals surface area contributed by atoms with E-state index < -0.39 is 18.0 Å². The molecule has 0 aromatic heterocycles. The van der Waals surface area contributed by atoms with Gasteiger partial charge in [-0.1, -0.05) is 72.8 Å². The van der Waals surface area contributed by atoms with Crippen LogP contribution >= 0.6 is 0 Å². The van der Waals surface area contributed by atoms with Crippen LogP contribution in [0.25, 0.3) is 0 Å². The lowest BCUT2D eigenvalue weighted by molar-refractivity contribution is -0.148. The van der Waals surface area contributed by atoms with Gasteiger partial charge in [-0.3, -0.25) is 4.79 Å². The van der Waals surface area contributed by atoms with Crippen LogP contribution in [0, 0.1) is 45.3 Å². The maximum absolute atomic E-state index is 12.6. The minimum atomic E-state index is -0.793. The van der Waals surface area contributed by atoms with Crippen molar-refractivity contribution in [2.24, 2.45) is 45.3 Å². The summed E-state index contributed by atoms with van der Waals surface area (Å²) in [5.41, 5.74) is 3.09. The topological polar surface area (TPSA) is 77.8 Å². The van der Waals surface area contributed by atoms with Crippen molar-refractivity contribution in [2.75, 3.05) is 0 Å². The number of carboxylic acid groups (broad SMARTS) is 1. The molecule has 4 nitrogen and oxygen atoms in total. The molecular formula is C31H48O4. The lowest BCUT2D eigenvalue weighted by Crippen LogP contribution is -2.54. The number of carboxylic acids is 1. The van der Waals surface area contributed by atoms with E-state index in [9.17, 15) is 20.1 Å². The molecule has 0 aromatic carbocycles. The molecule has 0 aliphatic heterocycles. The molecule has 8 atom stereocenters. The number of carbonyl (C=O) groups is 1. The molecular weight excluding hydrogens is 436 g/mol. The number of aliphatic hydroxyl groups is 2. The fraction of sp³-hybridized carbons (Fsp3) is 0.774. The maximum atomic E-state index is 12.6. The second-order valence-electron chi connectivity index (χ2n) is 13.9. The average Bonchev–Trinajstić information content (AvgIpc) is 2.97. The predicted octanol–water partition coefficient (Wildman–Crippen LogP) is 6.54. The molecule has 2 fully saturated rings. The molecule has 4 aliphatic carbocycles. The number of hydrogen-bond donors (Lipinski definition) is 3. The molecule has 0 saturated heterocycles. The molecule has 4 aliphatic rings. The van der Waals surface area contributed by atoms with Crippen molar-refractivity contribution in [3.63, 3.8) is 0 Å². The lowest BCUT2D eigenvalue weighted by atomic mass is 9.44. The minimum absolute atomic E-state index is 0.00139. The normalized spacial score (nSPS) is 42.9. The van der Waals surface area contributed by atoms with Crippen LogP contribution in [0.5, 0.6) is 0 Å². The van der Waals surface area contributed by atoms with Crippen LogP contribution in [0.4, 0.5) is 0 Å². The quantitative estimate of drug-likeness (QED) is 0.374. The number of rotatable bonds is 6. The van der Waals surface area contributed by atoms with Crippen LogP contribution in [0.3, 0.4) is 0 Å². The van der Waals surface area contributed by atoms with Crippen LogP contribution in [-0.2, 0) is 4.79 Å². The van der Waals surface area contributed by atoms with Gasteiger partial charge in [-0.05, 0) is 84.2 Å². The Morgan fingerprint density at radius 1 is 1.11 bits per heavy atom. The molecule has 2 saturated carbocycles. The molecule has 1 unspecified atom stereocenters. The van der Waals surface area contributed by atoms with Gasteiger partial charge in [0.2, 0.25) is 0 Å². The molecule has 0 amide bonds. The van der Waals surface area contributed by atoms with E-state index in [1.54, 1.807) is 0 Å². The monoisotopic (exact) mass is 484 g/mol. The molecule has 35 heavy (non-hydrogen) atoms. The van der Waals surface area contributed by atoms with Crippen molar-refractivity contribution in [1.29, 1.82) is 0 Å². The summed E-state index contributed by atoms with van der Waals surface area (Å²) < 4.78 is 0. The van der Waals surface area contributed by atoms with E-state index in [0.29, 0.717) is 31.1 Å². The highest BCUT2D eigenvalue weighted by atomic mass is 16.4. The molecule has 0 bridgehead atoms. The first-order chi connectivity index (χ1) is 16.1. The zero-order chi connectivity index (χ0) is 26.1. The third-order valence-corrected chi connectivity index (χ3v) is 11.6. The Labute approximate surface area is 212 Å². The largest absolute Gasteiger partial charge is 0.481 e. The third kappa shape index (κ3) is 3.72. The Balaban J connectivity index is 1.72. The Morgan fingerprint density at radius 3 is 2.37 bits per heavy atom. The van der Waals surface area contributed by atoms with Crippen molar-refractivity contribution in [3.8, 4) is 0 Å². The van der Waals surface area contributed by atoms with Crippen molar-refractivity contribution in [1.82, 2.24) is 0 Å². The number of fused-ring (bicyclic) bond motifs is 5. The van der Waals surface area contributed by atoms with Crippen molar-refractivity contribution in [3.05, 3.63) is 35.5 Å². The van der Waals surface area contributed by atoms with Gasteiger partial charge in [-0.15, -0.1) is 0 Å². The fourth-order valence-corrected chi connectivity index (χ4v) is 8.90. The van der Waals surface area contributed by atoms with Crippen molar-refractivity contribution < 1.29 is 20.1 Å². The highest BCUT2D eigenvalue weighted by Gasteiger charge is 2.66. The highest BCUT2D eigenvalue weighted by Crippen LogP contribution is 2.71. The molecule has 196 valence electrons. The lowest BCUT2D eigenvalue weighted by Gasteiger charge is -2.61. The summed E-state index contributed by atoms with van der Waals surface area (Å²) in [4.78, 5) is 12.6. The fourth-order valence-electron chi connectivity index (χ4n) is 8.90. The molecule has 0 spiro atoms. The maximum Gasteiger partial charge on any atom is 0.306 e. The van der Waals surface area contributed by atoms with Crippen LogP contribution in [0.15, 0.2) is 35.5 Å².